The minimum Gasteiger partial charge on any atom is -0.340 e. The van der Waals surface area contributed by atoms with Crippen molar-refractivity contribution < 1.29 is 4.79 Å². The third kappa shape index (κ3) is 4.33. The topological polar surface area (TPSA) is 91.0 Å². The van der Waals surface area contributed by atoms with Gasteiger partial charge in [0.05, 0.1) is 0 Å². The quantitative estimate of drug-likeness (QED) is 0.267. The van der Waals surface area contributed by atoms with Crippen LogP contribution in [0.4, 0.5) is 39.2 Å². The van der Waals surface area contributed by atoms with Gasteiger partial charge in [-0.05, 0) is 54.1 Å². The summed E-state index contributed by atoms with van der Waals surface area (Å²) in [4.78, 5) is 21.0. The molecule has 158 valence electrons. The molecule has 5 rings (SSSR count). The highest BCUT2D eigenvalue weighted by atomic mass is 35.5. The Morgan fingerprint density at radius 3 is 2.50 bits per heavy atom. The van der Waals surface area contributed by atoms with Crippen LogP contribution in [0.5, 0.6) is 0 Å². The predicted octanol–water partition coefficient (Wildman–Crippen LogP) is 6.17. The molecule has 0 fully saturated rings. The molecule has 32 heavy (non-hydrogen) atoms. The number of fused-ring (bicyclic) bond motifs is 2. The first-order chi connectivity index (χ1) is 15.6. The molecule has 0 spiro atoms. The van der Waals surface area contributed by atoms with Gasteiger partial charge in [-0.15, -0.1) is 0 Å². The average molecular weight is 443 g/mol. The van der Waals surface area contributed by atoms with Gasteiger partial charge in [-0.25, -0.2) is 14.8 Å². The van der Waals surface area contributed by atoms with Crippen LogP contribution in [0.3, 0.4) is 0 Å². The van der Waals surface area contributed by atoms with E-state index in [0.29, 0.717) is 16.4 Å². The zero-order valence-corrected chi connectivity index (χ0v) is 17.6. The normalized spacial score (nSPS) is 11.5. The van der Waals surface area contributed by atoms with Gasteiger partial charge in [0.15, 0.2) is 0 Å². The summed E-state index contributed by atoms with van der Waals surface area (Å²) >= 11 is 5.95. The molecule has 0 unspecified atom stereocenters. The number of urea groups is 1. The third-order valence-electron chi connectivity index (χ3n) is 5.07. The smallest absolute Gasteiger partial charge is 0.323 e. The van der Waals surface area contributed by atoms with E-state index in [1.165, 1.54) is 11.9 Å². The number of nitrogens with zero attached hydrogens (tertiary/aromatic N) is 2. The summed E-state index contributed by atoms with van der Waals surface area (Å²) in [5.41, 5.74) is 5.41. The molecule has 4 aromatic rings. The number of rotatable bonds is 4. The second-order valence-corrected chi connectivity index (χ2v) is 7.74. The fourth-order valence-electron chi connectivity index (χ4n) is 3.54. The number of carbonyl (C=O) groups excluding carboxylic acids is 1. The molecule has 2 heterocycles. The Labute approximate surface area is 189 Å². The molecule has 3 aromatic carbocycles. The second kappa shape index (κ2) is 8.56. The molecule has 0 radical (unpaired) electrons. The van der Waals surface area contributed by atoms with E-state index < -0.39 is 0 Å². The van der Waals surface area contributed by atoms with Crippen LogP contribution in [-0.2, 0) is 6.42 Å². The van der Waals surface area contributed by atoms with Crippen LogP contribution in [0.2, 0.25) is 5.02 Å². The van der Waals surface area contributed by atoms with Crippen molar-refractivity contribution >= 4 is 52.0 Å². The highest BCUT2D eigenvalue weighted by Crippen LogP contribution is 2.35. The molecule has 0 bridgehead atoms. The molecule has 2 amide bonds. The lowest BCUT2D eigenvalue weighted by molar-refractivity contribution is 0.262. The van der Waals surface area contributed by atoms with Crippen molar-refractivity contribution in [2.24, 2.45) is 0 Å². The molecule has 0 saturated carbocycles. The first-order valence-electron chi connectivity index (χ1n) is 10.0. The van der Waals surface area contributed by atoms with Crippen molar-refractivity contribution in [2.75, 3.05) is 21.3 Å². The van der Waals surface area contributed by atoms with E-state index in [-0.39, 0.29) is 6.03 Å². The highest BCUT2D eigenvalue weighted by molar-refractivity contribution is 6.30. The number of halogens is 1. The van der Waals surface area contributed by atoms with E-state index in [1.54, 1.807) is 24.3 Å². The largest absolute Gasteiger partial charge is 0.340 e. The summed E-state index contributed by atoms with van der Waals surface area (Å²) in [6.07, 6.45) is 2.28. The minimum absolute atomic E-state index is 0.345. The van der Waals surface area contributed by atoms with Gasteiger partial charge in [-0.1, -0.05) is 35.9 Å². The number of amides is 2. The van der Waals surface area contributed by atoms with Crippen molar-refractivity contribution in [2.45, 2.75) is 6.42 Å². The molecular weight excluding hydrogens is 424 g/mol. The van der Waals surface area contributed by atoms with E-state index in [0.717, 1.165) is 35.0 Å². The monoisotopic (exact) mass is 442 g/mol. The fraction of sp³-hybridized carbons (Fsp3) is 0.0417. The number of benzene rings is 3. The maximum absolute atomic E-state index is 12.2. The lowest BCUT2D eigenvalue weighted by Gasteiger charge is -2.22. The number of hydrogen-bond donors (Lipinski definition) is 4. The lowest BCUT2D eigenvalue weighted by Crippen LogP contribution is -2.19. The number of aromatic nitrogens is 2. The van der Waals surface area contributed by atoms with Crippen LogP contribution >= 0.6 is 11.6 Å². The fourth-order valence-corrected chi connectivity index (χ4v) is 3.73. The van der Waals surface area contributed by atoms with Crippen LogP contribution < -0.4 is 21.3 Å². The molecule has 8 heteroatoms. The second-order valence-electron chi connectivity index (χ2n) is 7.30. The van der Waals surface area contributed by atoms with E-state index in [1.807, 2.05) is 42.5 Å². The van der Waals surface area contributed by atoms with Crippen LogP contribution in [0.1, 0.15) is 11.1 Å². The van der Waals surface area contributed by atoms with Gasteiger partial charge < -0.3 is 21.3 Å². The van der Waals surface area contributed by atoms with Gasteiger partial charge in [-0.2, -0.15) is 0 Å². The van der Waals surface area contributed by atoms with E-state index in [9.17, 15) is 4.79 Å². The standard InChI is InChI=1S/C24H19ClN6O/c25-16-5-3-6-19(13-16)30-24(32)29-18-10-8-17(9-11-18)28-22-20-12-15-4-1-2-7-21(15)31-23(20)27-14-26-22/h1-11,13-14H,12H2,(H2,29,30,32)(H2,26,27,28,31). The summed E-state index contributed by atoms with van der Waals surface area (Å²) in [5, 5.41) is 12.8. The zero-order valence-electron chi connectivity index (χ0n) is 16.9. The van der Waals surface area contributed by atoms with Crippen LogP contribution in [0, 0.1) is 0 Å². The van der Waals surface area contributed by atoms with Gasteiger partial charge in [0.25, 0.3) is 0 Å². The van der Waals surface area contributed by atoms with E-state index >= 15 is 0 Å². The van der Waals surface area contributed by atoms with E-state index in [2.05, 4.69) is 37.3 Å². The lowest BCUT2D eigenvalue weighted by atomic mass is 10.00. The SMILES string of the molecule is O=C(Nc1ccc(Nc2ncnc3c2Cc2ccccc2N3)cc1)Nc1cccc(Cl)c1. The van der Waals surface area contributed by atoms with E-state index in [4.69, 9.17) is 11.6 Å². The summed E-state index contributed by atoms with van der Waals surface area (Å²) in [6.45, 7) is 0. The first-order valence-corrected chi connectivity index (χ1v) is 10.4. The Hall–Kier alpha value is -4.10. The Morgan fingerprint density at radius 1 is 0.875 bits per heavy atom. The van der Waals surface area contributed by atoms with Gasteiger partial charge >= 0.3 is 6.03 Å². The Bertz CT molecular complexity index is 1290. The molecule has 0 saturated heterocycles. The molecule has 1 aliphatic heterocycles. The van der Waals surface area contributed by atoms with Crippen molar-refractivity contribution in [3.05, 3.63) is 95.3 Å². The number of hydrogen-bond acceptors (Lipinski definition) is 5. The molecule has 1 aliphatic rings. The number of nitrogens with one attached hydrogen (secondary N) is 4. The van der Waals surface area contributed by atoms with Crippen LogP contribution in [0.15, 0.2) is 79.1 Å². The molecular formula is C24H19ClN6O. The maximum atomic E-state index is 12.2. The summed E-state index contributed by atoms with van der Waals surface area (Å²) in [5.74, 6) is 1.55. The van der Waals surface area contributed by atoms with Crippen LogP contribution in [0.25, 0.3) is 0 Å². The molecule has 4 N–H and O–H groups in total. The Morgan fingerprint density at radius 2 is 1.66 bits per heavy atom. The average Bonchev–Trinajstić information content (AvgIpc) is 2.79. The van der Waals surface area contributed by atoms with Crippen molar-refractivity contribution in [1.29, 1.82) is 0 Å². The number of para-hydroxylation sites is 1. The zero-order chi connectivity index (χ0) is 21.9. The Balaban J connectivity index is 1.26. The van der Waals surface area contributed by atoms with Gasteiger partial charge in [0, 0.05) is 39.8 Å². The highest BCUT2D eigenvalue weighted by Gasteiger charge is 2.19. The predicted molar refractivity (Wildman–Crippen MR) is 128 cm³/mol. The van der Waals surface area contributed by atoms with Crippen molar-refractivity contribution in [3.63, 3.8) is 0 Å². The minimum atomic E-state index is -0.345. The Kier molecular flexibility index (Phi) is 5.31. The van der Waals surface area contributed by atoms with Gasteiger partial charge in [-0.3, -0.25) is 0 Å². The number of carbonyl (C=O) groups is 1. The van der Waals surface area contributed by atoms with Crippen molar-refractivity contribution in [3.8, 4) is 0 Å². The van der Waals surface area contributed by atoms with Gasteiger partial charge in [0.2, 0.25) is 0 Å². The molecule has 7 nitrogen and oxygen atoms in total. The summed E-state index contributed by atoms with van der Waals surface area (Å²) in [7, 11) is 0. The van der Waals surface area contributed by atoms with Gasteiger partial charge in [0.1, 0.15) is 18.0 Å². The maximum Gasteiger partial charge on any atom is 0.323 e. The number of anilines is 6. The van der Waals surface area contributed by atoms with Crippen molar-refractivity contribution in [1.82, 2.24) is 9.97 Å². The summed E-state index contributed by atoms with van der Waals surface area (Å²) < 4.78 is 0. The molecule has 0 aliphatic carbocycles. The summed E-state index contributed by atoms with van der Waals surface area (Å²) in [6, 6.07) is 22.2. The third-order valence-corrected chi connectivity index (χ3v) is 5.31. The van der Waals surface area contributed by atoms with Crippen LogP contribution in [-0.4, -0.2) is 16.0 Å². The molecule has 0 atom stereocenters. The molecule has 1 aromatic heterocycles. The first kappa shape index (κ1) is 19.8.